The molecule has 1 N–H and O–H groups in total. The van der Waals surface area contributed by atoms with Crippen LogP contribution in [0.25, 0.3) is 0 Å². The van der Waals surface area contributed by atoms with Crippen LogP contribution in [-0.4, -0.2) is 21.0 Å². The van der Waals surface area contributed by atoms with Gasteiger partial charge in [0.2, 0.25) is 5.82 Å². The van der Waals surface area contributed by atoms with E-state index in [2.05, 4.69) is 15.2 Å². The first-order valence-electron chi connectivity index (χ1n) is 2.21. The molecule has 0 bridgehead atoms. The number of hydrogen-bond donors (Lipinski definition) is 1. The number of terminal acetylenes is 1. The molecule has 0 aliphatic carbocycles. The number of Topliss-reactive ketones (excluding diaryl/α,β-unsaturated/α-hetero) is 1. The molecule has 0 atom stereocenters. The van der Waals surface area contributed by atoms with Gasteiger partial charge in [-0.05, 0) is 5.92 Å². The molecular weight excluding hydrogens is 118 g/mol. The summed E-state index contributed by atoms with van der Waals surface area (Å²) in [4.78, 5) is 14.0. The molecule has 0 fully saturated rings. The molecular formula is C5H3N3O. The Morgan fingerprint density at radius 2 is 2.67 bits per heavy atom. The van der Waals surface area contributed by atoms with E-state index in [1.807, 2.05) is 5.92 Å². The number of nitrogens with one attached hydrogen (secondary N) is 1. The molecule has 4 nitrogen and oxygen atoms in total. The van der Waals surface area contributed by atoms with Crippen molar-refractivity contribution in [3.05, 3.63) is 12.2 Å². The van der Waals surface area contributed by atoms with E-state index in [1.165, 1.54) is 6.33 Å². The Morgan fingerprint density at radius 3 is 3.11 bits per heavy atom. The van der Waals surface area contributed by atoms with Crippen molar-refractivity contribution in [3.8, 4) is 12.3 Å². The van der Waals surface area contributed by atoms with Crippen LogP contribution >= 0.6 is 0 Å². The monoisotopic (exact) mass is 121 g/mol. The van der Waals surface area contributed by atoms with Crippen LogP contribution in [0.15, 0.2) is 6.33 Å². The summed E-state index contributed by atoms with van der Waals surface area (Å²) in [7, 11) is 0. The largest absolute Gasteiger partial charge is 0.276 e. The molecule has 0 spiro atoms. The zero-order chi connectivity index (χ0) is 6.69. The second-order valence-corrected chi connectivity index (χ2v) is 1.31. The highest BCUT2D eigenvalue weighted by Gasteiger charge is 2.01. The summed E-state index contributed by atoms with van der Waals surface area (Å²) >= 11 is 0. The first-order valence-corrected chi connectivity index (χ1v) is 2.21. The van der Waals surface area contributed by atoms with Gasteiger partial charge in [-0.3, -0.25) is 9.89 Å². The van der Waals surface area contributed by atoms with Crippen molar-refractivity contribution >= 4 is 5.78 Å². The predicted octanol–water partition coefficient (Wildman–Crippen LogP) is -0.379. The zero-order valence-corrected chi connectivity index (χ0v) is 4.46. The van der Waals surface area contributed by atoms with Crippen LogP contribution in [0.4, 0.5) is 0 Å². The van der Waals surface area contributed by atoms with Gasteiger partial charge in [-0.15, -0.1) is 6.42 Å². The van der Waals surface area contributed by atoms with E-state index in [-0.39, 0.29) is 5.82 Å². The van der Waals surface area contributed by atoms with Gasteiger partial charge < -0.3 is 0 Å². The van der Waals surface area contributed by atoms with Crippen molar-refractivity contribution in [1.82, 2.24) is 15.2 Å². The van der Waals surface area contributed by atoms with Crippen molar-refractivity contribution in [3.63, 3.8) is 0 Å². The number of carbonyl (C=O) groups excluding carboxylic acids is 1. The topological polar surface area (TPSA) is 58.6 Å². The standard InChI is InChI=1S/C5H3N3O/c1-2-4(9)5-6-3-7-8-5/h1,3H,(H,6,7,8). The molecule has 44 valence electrons. The van der Waals surface area contributed by atoms with E-state index in [0.29, 0.717) is 0 Å². The molecule has 0 saturated heterocycles. The lowest BCUT2D eigenvalue weighted by Gasteiger charge is -1.77. The van der Waals surface area contributed by atoms with Gasteiger partial charge in [0.25, 0.3) is 5.78 Å². The molecule has 0 amide bonds. The molecule has 1 aromatic rings. The number of H-pyrrole nitrogens is 1. The second kappa shape index (κ2) is 2.09. The number of ketones is 1. The van der Waals surface area contributed by atoms with Crippen molar-refractivity contribution < 1.29 is 4.79 Å². The zero-order valence-electron chi connectivity index (χ0n) is 4.46. The summed E-state index contributed by atoms with van der Waals surface area (Å²) in [5.41, 5.74) is 0. The van der Waals surface area contributed by atoms with Gasteiger partial charge in [-0.25, -0.2) is 4.98 Å². The minimum absolute atomic E-state index is 0.109. The first kappa shape index (κ1) is 5.51. The SMILES string of the molecule is C#CC(=O)c1ncn[nH]1. The number of hydrogen-bond acceptors (Lipinski definition) is 3. The summed E-state index contributed by atoms with van der Waals surface area (Å²) in [6, 6.07) is 0. The van der Waals surface area contributed by atoms with E-state index in [1.54, 1.807) is 0 Å². The summed E-state index contributed by atoms with van der Waals surface area (Å²) in [5.74, 6) is 1.52. The molecule has 0 saturated carbocycles. The van der Waals surface area contributed by atoms with Crippen LogP contribution in [0.2, 0.25) is 0 Å². The highest BCUT2D eigenvalue weighted by Crippen LogP contribution is 1.84. The van der Waals surface area contributed by atoms with Gasteiger partial charge in [0, 0.05) is 0 Å². The molecule has 1 heterocycles. The molecule has 0 radical (unpaired) electrons. The van der Waals surface area contributed by atoms with Crippen LogP contribution in [0.5, 0.6) is 0 Å². The van der Waals surface area contributed by atoms with Gasteiger partial charge >= 0.3 is 0 Å². The average Bonchev–Trinajstić information content (AvgIpc) is 2.37. The molecule has 0 aromatic carbocycles. The fourth-order valence-corrected chi connectivity index (χ4v) is 0.383. The molecule has 4 heteroatoms. The average molecular weight is 121 g/mol. The van der Waals surface area contributed by atoms with E-state index >= 15 is 0 Å². The lowest BCUT2D eigenvalue weighted by atomic mass is 10.4. The lowest BCUT2D eigenvalue weighted by molar-refractivity contribution is 0.104. The summed E-state index contributed by atoms with van der Waals surface area (Å²) < 4.78 is 0. The number of aromatic amines is 1. The Labute approximate surface area is 51.3 Å². The van der Waals surface area contributed by atoms with Crippen LogP contribution in [0.1, 0.15) is 10.6 Å². The fraction of sp³-hybridized carbons (Fsp3) is 0. The maximum absolute atomic E-state index is 10.5. The molecule has 9 heavy (non-hydrogen) atoms. The minimum Gasteiger partial charge on any atom is -0.276 e. The smallest absolute Gasteiger partial charge is 0.272 e. The number of carbonyl (C=O) groups is 1. The minimum atomic E-state index is -0.479. The van der Waals surface area contributed by atoms with Crippen molar-refractivity contribution in [2.75, 3.05) is 0 Å². The van der Waals surface area contributed by atoms with Gasteiger partial charge in [-0.2, -0.15) is 5.10 Å². The fourth-order valence-electron chi connectivity index (χ4n) is 0.383. The maximum Gasteiger partial charge on any atom is 0.272 e. The summed E-state index contributed by atoms with van der Waals surface area (Å²) in [5, 5.41) is 5.77. The van der Waals surface area contributed by atoms with E-state index in [9.17, 15) is 4.79 Å². The van der Waals surface area contributed by atoms with Gasteiger partial charge in [-0.1, -0.05) is 0 Å². The summed E-state index contributed by atoms with van der Waals surface area (Å²) in [6.07, 6.45) is 6.00. The highest BCUT2D eigenvalue weighted by atomic mass is 16.1. The van der Waals surface area contributed by atoms with Crippen LogP contribution in [0.3, 0.4) is 0 Å². The third-order valence-corrected chi connectivity index (χ3v) is 0.761. The number of nitrogens with zero attached hydrogens (tertiary/aromatic N) is 2. The van der Waals surface area contributed by atoms with E-state index in [4.69, 9.17) is 6.42 Å². The number of aromatic nitrogens is 3. The third-order valence-electron chi connectivity index (χ3n) is 0.761. The Hall–Kier alpha value is -1.63. The lowest BCUT2D eigenvalue weighted by Crippen LogP contribution is -1.96. The highest BCUT2D eigenvalue weighted by molar-refractivity contribution is 6.05. The van der Waals surface area contributed by atoms with Crippen LogP contribution < -0.4 is 0 Å². The molecule has 0 aliphatic heterocycles. The normalized spacial score (nSPS) is 8.33. The predicted molar refractivity (Wildman–Crippen MR) is 29.5 cm³/mol. The van der Waals surface area contributed by atoms with Gasteiger partial charge in [0.05, 0.1) is 0 Å². The maximum atomic E-state index is 10.5. The van der Waals surface area contributed by atoms with Crippen LogP contribution in [-0.2, 0) is 0 Å². The first-order chi connectivity index (χ1) is 4.34. The van der Waals surface area contributed by atoms with E-state index in [0.717, 1.165) is 0 Å². The Balaban J connectivity index is 2.93. The Morgan fingerprint density at radius 1 is 1.89 bits per heavy atom. The van der Waals surface area contributed by atoms with Gasteiger partial charge in [0.1, 0.15) is 6.33 Å². The Kier molecular flexibility index (Phi) is 1.28. The van der Waals surface area contributed by atoms with Gasteiger partial charge in [0.15, 0.2) is 0 Å². The summed E-state index contributed by atoms with van der Waals surface area (Å²) in [6.45, 7) is 0. The molecule has 1 rings (SSSR count). The Bertz CT molecular complexity index is 244. The van der Waals surface area contributed by atoms with Crippen molar-refractivity contribution in [2.45, 2.75) is 0 Å². The molecule has 1 aromatic heterocycles. The molecule has 0 unspecified atom stereocenters. The van der Waals surface area contributed by atoms with Crippen molar-refractivity contribution in [2.24, 2.45) is 0 Å². The third kappa shape index (κ3) is 0.941. The second-order valence-electron chi connectivity index (χ2n) is 1.31. The molecule has 0 aliphatic rings. The quantitative estimate of drug-likeness (QED) is 0.313. The van der Waals surface area contributed by atoms with Crippen LogP contribution in [0, 0.1) is 12.3 Å². The van der Waals surface area contributed by atoms with E-state index < -0.39 is 5.78 Å². The number of rotatable bonds is 1. The van der Waals surface area contributed by atoms with Crippen molar-refractivity contribution in [1.29, 1.82) is 0 Å².